The molecule has 0 saturated carbocycles. The molecule has 4 nitrogen and oxygen atoms in total. The maximum Gasteiger partial charge on any atom is 0.246 e. The summed E-state index contributed by atoms with van der Waals surface area (Å²) < 4.78 is 13.0. The molecule has 120 valence electrons. The van der Waals surface area contributed by atoms with Gasteiger partial charge in [-0.2, -0.15) is 0 Å². The summed E-state index contributed by atoms with van der Waals surface area (Å²) in [6, 6.07) is 14.7. The smallest absolute Gasteiger partial charge is 0.246 e. The fraction of sp³-hybridized carbons (Fsp3) is 0.278. The van der Waals surface area contributed by atoms with E-state index in [4.69, 9.17) is 0 Å². The number of nitrogens with one attached hydrogen (secondary N) is 1. The number of aliphatic hydroxyl groups is 1. The summed E-state index contributed by atoms with van der Waals surface area (Å²) in [6.45, 7) is 1.13. The van der Waals surface area contributed by atoms with E-state index in [0.717, 1.165) is 5.56 Å². The van der Waals surface area contributed by atoms with E-state index >= 15 is 0 Å². The normalized spacial score (nSPS) is 19.5. The van der Waals surface area contributed by atoms with Crippen molar-refractivity contribution >= 4 is 11.6 Å². The van der Waals surface area contributed by atoms with Gasteiger partial charge in [-0.1, -0.05) is 30.3 Å². The molecule has 1 heterocycles. The first-order valence-electron chi connectivity index (χ1n) is 7.67. The highest BCUT2D eigenvalue weighted by molar-refractivity contribution is 5.95. The molecule has 1 aliphatic heterocycles. The molecule has 1 amide bonds. The summed E-state index contributed by atoms with van der Waals surface area (Å²) in [5.74, 6) is -0.526. The standard InChI is InChI=1S/C18H19FN2O2/c19-14-6-8-15(9-7-14)20-18(23)17(13-4-2-1-3-5-13)21-11-10-16(22)12-21/h1-9,16-17,22H,10-12H2,(H,20,23). The van der Waals surface area contributed by atoms with E-state index in [0.29, 0.717) is 25.2 Å². The molecular formula is C18H19FN2O2. The van der Waals surface area contributed by atoms with Gasteiger partial charge in [0.15, 0.2) is 0 Å². The van der Waals surface area contributed by atoms with Crippen LogP contribution in [0.2, 0.25) is 0 Å². The first-order chi connectivity index (χ1) is 11.1. The lowest BCUT2D eigenvalue weighted by Crippen LogP contribution is -2.36. The Morgan fingerprint density at radius 2 is 1.87 bits per heavy atom. The van der Waals surface area contributed by atoms with E-state index in [9.17, 15) is 14.3 Å². The largest absolute Gasteiger partial charge is 0.392 e. The van der Waals surface area contributed by atoms with Gasteiger partial charge in [0.25, 0.3) is 0 Å². The van der Waals surface area contributed by atoms with Gasteiger partial charge in [0, 0.05) is 18.8 Å². The highest BCUT2D eigenvalue weighted by Gasteiger charge is 2.32. The molecule has 0 aromatic heterocycles. The van der Waals surface area contributed by atoms with E-state index in [2.05, 4.69) is 5.32 Å². The van der Waals surface area contributed by atoms with Crippen LogP contribution >= 0.6 is 0 Å². The first-order valence-corrected chi connectivity index (χ1v) is 7.67. The Hall–Kier alpha value is -2.24. The lowest BCUT2D eigenvalue weighted by Gasteiger charge is -2.27. The van der Waals surface area contributed by atoms with Crippen LogP contribution in [0.4, 0.5) is 10.1 Å². The topological polar surface area (TPSA) is 52.6 Å². The van der Waals surface area contributed by atoms with Gasteiger partial charge < -0.3 is 10.4 Å². The Kier molecular flexibility index (Phi) is 4.69. The van der Waals surface area contributed by atoms with Crippen molar-refractivity contribution < 1.29 is 14.3 Å². The van der Waals surface area contributed by atoms with Gasteiger partial charge in [0.2, 0.25) is 5.91 Å². The van der Waals surface area contributed by atoms with Crippen molar-refractivity contribution in [2.75, 3.05) is 18.4 Å². The number of nitrogens with zero attached hydrogens (tertiary/aromatic N) is 1. The molecular weight excluding hydrogens is 295 g/mol. The van der Waals surface area contributed by atoms with Gasteiger partial charge >= 0.3 is 0 Å². The van der Waals surface area contributed by atoms with Gasteiger partial charge in [-0.15, -0.1) is 0 Å². The second-order valence-corrected chi connectivity index (χ2v) is 5.75. The predicted octanol–water partition coefficient (Wildman–Crippen LogP) is 2.57. The third-order valence-electron chi connectivity index (χ3n) is 4.04. The molecule has 1 aliphatic rings. The Morgan fingerprint density at radius 3 is 2.48 bits per heavy atom. The Balaban J connectivity index is 1.82. The van der Waals surface area contributed by atoms with Gasteiger partial charge in [0.1, 0.15) is 11.9 Å². The number of benzene rings is 2. The number of amides is 1. The minimum Gasteiger partial charge on any atom is -0.392 e. The zero-order valence-electron chi connectivity index (χ0n) is 12.7. The lowest BCUT2D eigenvalue weighted by atomic mass is 10.0. The maximum atomic E-state index is 13.0. The number of aliphatic hydroxyl groups excluding tert-OH is 1. The first kappa shape index (κ1) is 15.6. The third-order valence-corrected chi connectivity index (χ3v) is 4.04. The Bertz CT molecular complexity index is 660. The van der Waals surface area contributed by atoms with Gasteiger partial charge in [0.05, 0.1) is 6.10 Å². The summed E-state index contributed by atoms with van der Waals surface area (Å²) in [5, 5.41) is 12.6. The fourth-order valence-electron chi connectivity index (χ4n) is 2.91. The molecule has 23 heavy (non-hydrogen) atoms. The van der Waals surface area contributed by atoms with Gasteiger partial charge in [-0.3, -0.25) is 9.69 Å². The molecule has 1 fully saturated rings. The molecule has 2 aromatic rings. The van der Waals surface area contributed by atoms with Crippen molar-refractivity contribution in [1.82, 2.24) is 4.90 Å². The van der Waals surface area contributed by atoms with Crippen molar-refractivity contribution in [1.29, 1.82) is 0 Å². The van der Waals surface area contributed by atoms with Crippen LogP contribution in [0.1, 0.15) is 18.0 Å². The van der Waals surface area contributed by atoms with Crippen LogP contribution in [0.15, 0.2) is 54.6 Å². The van der Waals surface area contributed by atoms with Gasteiger partial charge in [-0.05, 0) is 36.2 Å². The minimum absolute atomic E-state index is 0.183. The summed E-state index contributed by atoms with van der Waals surface area (Å²) in [7, 11) is 0. The quantitative estimate of drug-likeness (QED) is 0.912. The van der Waals surface area contributed by atoms with E-state index in [1.807, 2.05) is 35.2 Å². The van der Waals surface area contributed by atoms with Crippen molar-refractivity contribution in [2.45, 2.75) is 18.6 Å². The molecule has 2 atom stereocenters. The molecule has 0 radical (unpaired) electrons. The van der Waals surface area contributed by atoms with E-state index in [-0.39, 0.29) is 11.7 Å². The number of hydrogen-bond acceptors (Lipinski definition) is 3. The number of anilines is 1. The molecule has 1 saturated heterocycles. The van der Waals surface area contributed by atoms with E-state index < -0.39 is 12.1 Å². The molecule has 2 unspecified atom stereocenters. The second kappa shape index (κ2) is 6.89. The highest BCUT2D eigenvalue weighted by Crippen LogP contribution is 2.26. The predicted molar refractivity (Wildman–Crippen MR) is 86.4 cm³/mol. The summed E-state index contributed by atoms with van der Waals surface area (Å²) >= 11 is 0. The minimum atomic E-state index is -0.474. The van der Waals surface area contributed by atoms with E-state index in [1.54, 1.807) is 0 Å². The Morgan fingerprint density at radius 1 is 1.17 bits per heavy atom. The molecule has 2 N–H and O–H groups in total. The fourth-order valence-corrected chi connectivity index (χ4v) is 2.91. The van der Waals surface area contributed by atoms with Crippen molar-refractivity contribution in [3.63, 3.8) is 0 Å². The van der Waals surface area contributed by atoms with Crippen molar-refractivity contribution in [3.05, 3.63) is 66.0 Å². The van der Waals surface area contributed by atoms with Crippen LogP contribution in [0.25, 0.3) is 0 Å². The molecule has 3 rings (SSSR count). The number of likely N-dealkylation sites (tertiary alicyclic amines) is 1. The maximum absolute atomic E-state index is 13.0. The molecule has 2 aromatic carbocycles. The molecule has 0 bridgehead atoms. The number of halogens is 1. The number of rotatable bonds is 4. The zero-order chi connectivity index (χ0) is 16.2. The highest BCUT2D eigenvalue weighted by atomic mass is 19.1. The summed E-state index contributed by atoms with van der Waals surface area (Å²) in [5.41, 5.74) is 1.43. The molecule has 5 heteroatoms. The van der Waals surface area contributed by atoms with Crippen LogP contribution in [0.5, 0.6) is 0 Å². The van der Waals surface area contributed by atoms with Crippen LogP contribution < -0.4 is 5.32 Å². The van der Waals surface area contributed by atoms with Crippen LogP contribution in [0, 0.1) is 5.82 Å². The molecule has 0 spiro atoms. The number of hydrogen-bond donors (Lipinski definition) is 2. The SMILES string of the molecule is O=C(Nc1ccc(F)cc1)C(c1ccccc1)N1CCC(O)C1. The third kappa shape index (κ3) is 3.75. The zero-order valence-corrected chi connectivity index (χ0v) is 12.7. The average Bonchev–Trinajstić information content (AvgIpc) is 2.97. The van der Waals surface area contributed by atoms with Crippen molar-refractivity contribution in [2.24, 2.45) is 0 Å². The lowest BCUT2D eigenvalue weighted by molar-refractivity contribution is -0.121. The van der Waals surface area contributed by atoms with Crippen LogP contribution in [-0.2, 0) is 4.79 Å². The van der Waals surface area contributed by atoms with E-state index in [1.165, 1.54) is 24.3 Å². The summed E-state index contributed by atoms with van der Waals surface area (Å²) in [4.78, 5) is 14.7. The monoisotopic (exact) mass is 314 g/mol. The van der Waals surface area contributed by atoms with Crippen molar-refractivity contribution in [3.8, 4) is 0 Å². The number of β-amino-alcohol motifs (C(OH)–C–C–N with tert-alkyl or cyclic N) is 1. The van der Waals surface area contributed by atoms with Gasteiger partial charge in [-0.25, -0.2) is 4.39 Å². The van der Waals surface area contributed by atoms with Crippen LogP contribution in [-0.4, -0.2) is 35.1 Å². The average molecular weight is 314 g/mol. The molecule has 0 aliphatic carbocycles. The van der Waals surface area contributed by atoms with Crippen LogP contribution in [0.3, 0.4) is 0 Å². The number of carbonyl (C=O) groups is 1. The second-order valence-electron chi connectivity index (χ2n) is 5.75. The number of carbonyl (C=O) groups excluding carboxylic acids is 1. The Labute approximate surface area is 134 Å². The summed E-state index contributed by atoms with van der Waals surface area (Å²) in [6.07, 6.45) is 0.257.